The predicted octanol–water partition coefficient (Wildman–Crippen LogP) is 2.95. The molecule has 0 spiro atoms. The summed E-state index contributed by atoms with van der Waals surface area (Å²) < 4.78 is 10.8. The van der Waals surface area contributed by atoms with Gasteiger partial charge in [-0.05, 0) is 29.2 Å². The lowest BCUT2D eigenvalue weighted by atomic mass is 9.87. The second-order valence-corrected chi connectivity index (χ2v) is 6.35. The first-order chi connectivity index (χ1) is 10.0. The fourth-order valence-electron chi connectivity index (χ4n) is 3.71. The van der Waals surface area contributed by atoms with Crippen LogP contribution in [0.3, 0.4) is 0 Å². The van der Waals surface area contributed by atoms with Gasteiger partial charge in [-0.1, -0.05) is 13.8 Å². The maximum absolute atomic E-state index is 12.1. The summed E-state index contributed by atoms with van der Waals surface area (Å²) >= 11 is 0. The molecule has 1 saturated heterocycles. The van der Waals surface area contributed by atoms with Crippen LogP contribution in [0.5, 0.6) is 11.5 Å². The Labute approximate surface area is 126 Å². The van der Waals surface area contributed by atoms with Gasteiger partial charge in [0.05, 0.1) is 14.2 Å². The maximum Gasteiger partial charge on any atom is 0.161 e. The van der Waals surface area contributed by atoms with E-state index in [0.717, 1.165) is 18.0 Å². The minimum atomic E-state index is 0.202. The highest BCUT2D eigenvalue weighted by Gasteiger charge is 2.42. The molecule has 0 radical (unpaired) electrons. The van der Waals surface area contributed by atoms with E-state index in [9.17, 15) is 4.79 Å². The zero-order valence-corrected chi connectivity index (χ0v) is 13.2. The third kappa shape index (κ3) is 2.31. The molecule has 1 fully saturated rings. The summed E-state index contributed by atoms with van der Waals surface area (Å²) in [6, 6.07) is 4.65. The van der Waals surface area contributed by atoms with Gasteiger partial charge in [0.25, 0.3) is 0 Å². The standard InChI is InChI=1S/C17H23NO3/c1-10(2)14-6-12(19)7-15-13-8-17(21-4)16(20-3)5-11(13)9-18(14)15/h5,8,10,14-15H,6-7,9H2,1-4H3/t14-,15-/m0/s1. The van der Waals surface area contributed by atoms with Crippen LogP contribution in [0.1, 0.15) is 43.9 Å². The summed E-state index contributed by atoms with van der Waals surface area (Å²) in [6.45, 7) is 5.30. The molecule has 114 valence electrons. The van der Waals surface area contributed by atoms with Crippen LogP contribution in [0.2, 0.25) is 0 Å². The second kappa shape index (κ2) is 5.34. The molecule has 1 aromatic rings. The Hall–Kier alpha value is -1.55. The molecule has 3 rings (SSSR count). The third-order valence-electron chi connectivity index (χ3n) is 4.81. The van der Waals surface area contributed by atoms with Gasteiger partial charge in [0, 0.05) is 31.5 Å². The van der Waals surface area contributed by atoms with E-state index in [4.69, 9.17) is 9.47 Å². The van der Waals surface area contributed by atoms with Crippen molar-refractivity contribution in [2.45, 2.75) is 45.3 Å². The van der Waals surface area contributed by atoms with E-state index in [0.29, 0.717) is 30.6 Å². The average Bonchev–Trinajstić information content (AvgIpc) is 2.82. The first-order valence-corrected chi connectivity index (χ1v) is 7.57. The number of fused-ring (bicyclic) bond motifs is 3. The largest absolute Gasteiger partial charge is 0.493 e. The van der Waals surface area contributed by atoms with E-state index in [1.54, 1.807) is 14.2 Å². The number of ether oxygens (including phenoxy) is 2. The monoisotopic (exact) mass is 289 g/mol. The van der Waals surface area contributed by atoms with Gasteiger partial charge in [0.1, 0.15) is 5.78 Å². The molecule has 4 nitrogen and oxygen atoms in total. The topological polar surface area (TPSA) is 38.8 Å². The van der Waals surface area contributed by atoms with E-state index >= 15 is 0 Å². The number of carbonyl (C=O) groups is 1. The lowest BCUT2D eigenvalue weighted by Crippen LogP contribution is -2.44. The molecule has 2 aliphatic rings. The zero-order valence-electron chi connectivity index (χ0n) is 13.2. The minimum Gasteiger partial charge on any atom is -0.493 e. The SMILES string of the molecule is COc1cc2c(cc1OC)[C@@H]1CC(=O)C[C@@H](C(C)C)N1C2. The van der Waals surface area contributed by atoms with Crippen molar-refractivity contribution >= 4 is 5.78 Å². The van der Waals surface area contributed by atoms with Gasteiger partial charge in [0.2, 0.25) is 0 Å². The van der Waals surface area contributed by atoms with Crippen LogP contribution in [0, 0.1) is 5.92 Å². The molecule has 2 atom stereocenters. The molecular formula is C17H23NO3. The lowest BCUT2D eigenvalue weighted by molar-refractivity contribution is -0.126. The molecule has 0 aromatic heterocycles. The van der Waals surface area contributed by atoms with Gasteiger partial charge in [0.15, 0.2) is 11.5 Å². The molecule has 2 aliphatic heterocycles. The third-order valence-corrected chi connectivity index (χ3v) is 4.81. The van der Waals surface area contributed by atoms with Crippen molar-refractivity contribution in [3.63, 3.8) is 0 Å². The molecular weight excluding hydrogens is 266 g/mol. The van der Waals surface area contributed by atoms with Crippen molar-refractivity contribution in [3.8, 4) is 11.5 Å². The van der Waals surface area contributed by atoms with Crippen LogP contribution in [-0.2, 0) is 11.3 Å². The number of nitrogens with zero attached hydrogens (tertiary/aromatic N) is 1. The molecule has 0 unspecified atom stereocenters. The molecule has 2 heterocycles. The quantitative estimate of drug-likeness (QED) is 0.857. The minimum absolute atomic E-state index is 0.202. The molecule has 4 heteroatoms. The van der Waals surface area contributed by atoms with Crippen LogP contribution in [-0.4, -0.2) is 30.9 Å². The van der Waals surface area contributed by atoms with Crippen molar-refractivity contribution in [1.29, 1.82) is 0 Å². The van der Waals surface area contributed by atoms with E-state index in [1.807, 2.05) is 0 Å². The number of hydrogen-bond acceptors (Lipinski definition) is 4. The summed E-state index contributed by atoms with van der Waals surface area (Å²) in [5.74, 6) is 2.37. The van der Waals surface area contributed by atoms with Crippen molar-refractivity contribution in [3.05, 3.63) is 23.3 Å². The first kappa shape index (κ1) is 14.4. The maximum atomic E-state index is 12.1. The van der Waals surface area contributed by atoms with Crippen molar-refractivity contribution in [2.75, 3.05) is 14.2 Å². The summed E-state index contributed by atoms with van der Waals surface area (Å²) in [5, 5.41) is 0. The van der Waals surface area contributed by atoms with Gasteiger partial charge in [-0.25, -0.2) is 0 Å². The predicted molar refractivity (Wildman–Crippen MR) is 80.7 cm³/mol. The zero-order chi connectivity index (χ0) is 15.1. The Morgan fingerprint density at radius 1 is 1.14 bits per heavy atom. The Balaban J connectivity index is 2.02. The fraction of sp³-hybridized carbons (Fsp3) is 0.588. The van der Waals surface area contributed by atoms with Crippen LogP contribution in [0.15, 0.2) is 12.1 Å². The highest BCUT2D eigenvalue weighted by molar-refractivity contribution is 5.81. The van der Waals surface area contributed by atoms with Crippen LogP contribution in [0.4, 0.5) is 0 Å². The Morgan fingerprint density at radius 2 is 1.81 bits per heavy atom. The average molecular weight is 289 g/mol. The number of rotatable bonds is 3. The number of ketones is 1. The van der Waals surface area contributed by atoms with Gasteiger partial charge < -0.3 is 9.47 Å². The van der Waals surface area contributed by atoms with Gasteiger partial charge in [-0.15, -0.1) is 0 Å². The normalized spacial score (nSPS) is 24.9. The number of benzene rings is 1. The van der Waals surface area contributed by atoms with Crippen molar-refractivity contribution < 1.29 is 14.3 Å². The van der Waals surface area contributed by atoms with E-state index in [-0.39, 0.29) is 6.04 Å². The highest BCUT2D eigenvalue weighted by Crippen LogP contribution is 2.46. The second-order valence-electron chi connectivity index (χ2n) is 6.35. The molecule has 0 N–H and O–H groups in total. The summed E-state index contributed by atoms with van der Waals surface area (Å²) in [6.07, 6.45) is 1.29. The first-order valence-electron chi connectivity index (χ1n) is 7.57. The molecule has 0 amide bonds. The lowest BCUT2D eigenvalue weighted by Gasteiger charge is -2.39. The molecule has 1 aromatic carbocycles. The van der Waals surface area contributed by atoms with Crippen LogP contribution >= 0.6 is 0 Å². The number of Topliss-reactive ketones (excluding diaryl/α,β-unsaturated/α-hetero) is 1. The molecule has 0 saturated carbocycles. The molecule has 0 aliphatic carbocycles. The fourth-order valence-corrected chi connectivity index (χ4v) is 3.71. The highest BCUT2D eigenvalue weighted by atomic mass is 16.5. The van der Waals surface area contributed by atoms with E-state index in [1.165, 1.54) is 11.1 Å². The van der Waals surface area contributed by atoms with E-state index in [2.05, 4.69) is 30.9 Å². The molecule has 0 bridgehead atoms. The Kier molecular flexibility index (Phi) is 3.66. The summed E-state index contributed by atoms with van der Waals surface area (Å²) in [4.78, 5) is 14.6. The Bertz CT molecular complexity index is 567. The van der Waals surface area contributed by atoms with E-state index < -0.39 is 0 Å². The summed E-state index contributed by atoms with van der Waals surface area (Å²) in [5.41, 5.74) is 2.49. The number of hydrogen-bond donors (Lipinski definition) is 0. The van der Waals surface area contributed by atoms with Gasteiger partial charge in [-0.2, -0.15) is 0 Å². The van der Waals surface area contributed by atoms with Gasteiger partial charge in [-0.3, -0.25) is 9.69 Å². The smallest absolute Gasteiger partial charge is 0.161 e. The Morgan fingerprint density at radius 3 is 2.43 bits per heavy atom. The van der Waals surface area contributed by atoms with Gasteiger partial charge >= 0.3 is 0 Å². The molecule has 21 heavy (non-hydrogen) atoms. The van der Waals surface area contributed by atoms with Crippen molar-refractivity contribution in [2.24, 2.45) is 5.92 Å². The number of piperidine rings is 1. The van der Waals surface area contributed by atoms with Crippen LogP contribution < -0.4 is 9.47 Å². The number of carbonyl (C=O) groups excluding carboxylic acids is 1. The van der Waals surface area contributed by atoms with Crippen molar-refractivity contribution in [1.82, 2.24) is 4.90 Å². The number of methoxy groups -OCH3 is 2. The van der Waals surface area contributed by atoms with Crippen LogP contribution in [0.25, 0.3) is 0 Å². The summed E-state index contributed by atoms with van der Waals surface area (Å²) in [7, 11) is 3.31.